The molecule has 0 aromatic heterocycles. The van der Waals surface area contributed by atoms with E-state index in [1.807, 2.05) is 18.2 Å². The molecule has 0 fully saturated rings. The van der Waals surface area contributed by atoms with Crippen LogP contribution >= 0.6 is 0 Å². The highest BCUT2D eigenvalue weighted by Gasteiger charge is 2.42. The van der Waals surface area contributed by atoms with Crippen LogP contribution < -0.4 is 5.32 Å². The Hall–Kier alpha value is -1.10. The third-order valence-corrected chi connectivity index (χ3v) is 3.76. The van der Waals surface area contributed by atoms with Gasteiger partial charge in [0.15, 0.2) is 0 Å². The number of nitrogens with one attached hydrogen (secondary N) is 1. The number of fused-ring (bicyclic) bond motifs is 1. The SMILES string of the molecule is CC(C)(C)NCC(O)C1(CCO)CC=C2C=CC=C2O1. The van der Waals surface area contributed by atoms with Crippen LogP contribution in [-0.2, 0) is 4.74 Å². The average molecular weight is 279 g/mol. The lowest BCUT2D eigenvalue weighted by Gasteiger charge is -2.41. The summed E-state index contributed by atoms with van der Waals surface area (Å²) in [5, 5.41) is 23.2. The molecule has 0 saturated heterocycles. The summed E-state index contributed by atoms with van der Waals surface area (Å²) in [5.74, 6) is 0.791. The number of hydrogen-bond donors (Lipinski definition) is 3. The number of aliphatic hydroxyl groups is 2. The zero-order valence-electron chi connectivity index (χ0n) is 12.5. The van der Waals surface area contributed by atoms with E-state index in [0.717, 1.165) is 11.3 Å². The largest absolute Gasteiger partial charge is 0.483 e. The zero-order valence-corrected chi connectivity index (χ0v) is 12.5. The number of aliphatic hydroxyl groups excluding tert-OH is 2. The molecule has 1 heterocycles. The Labute approximate surface area is 120 Å². The van der Waals surface area contributed by atoms with Gasteiger partial charge in [0.1, 0.15) is 17.5 Å². The summed E-state index contributed by atoms with van der Waals surface area (Å²) in [4.78, 5) is 0. The first-order valence-electron chi connectivity index (χ1n) is 7.18. The van der Waals surface area contributed by atoms with Gasteiger partial charge in [0, 0.05) is 37.1 Å². The second-order valence-corrected chi connectivity index (χ2v) is 6.54. The second-order valence-electron chi connectivity index (χ2n) is 6.54. The van der Waals surface area contributed by atoms with Gasteiger partial charge < -0.3 is 20.3 Å². The van der Waals surface area contributed by atoms with Crippen LogP contribution in [0.2, 0.25) is 0 Å². The topological polar surface area (TPSA) is 61.7 Å². The maximum absolute atomic E-state index is 10.6. The Balaban J connectivity index is 2.10. The lowest BCUT2D eigenvalue weighted by atomic mass is 9.85. The van der Waals surface area contributed by atoms with Gasteiger partial charge in [-0.05, 0) is 26.8 Å². The molecular weight excluding hydrogens is 254 g/mol. The van der Waals surface area contributed by atoms with Crippen LogP contribution in [-0.4, -0.2) is 40.6 Å². The maximum Gasteiger partial charge on any atom is 0.142 e. The Morgan fingerprint density at radius 1 is 1.45 bits per heavy atom. The minimum atomic E-state index is -0.742. The van der Waals surface area contributed by atoms with Crippen molar-refractivity contribution in [1.29, 1.82) is 0 Å². The number of β-amino-alcohol motifs (C(OH)–C–C–N with tert-alkyl or cyclic N) is 1. The van der Waals surface area contributed by atoms with E-state index < -0.39 is 11.7 Å². The average Bonchev–Trinajstić information content (AvgIpc) is 2.82. The molecule has 0 spiro atoms. The molecule has 1 aliphatic carbocycles. The van der Waals surface area contributed by atoms with E-state index >= 15 is 0 Å². The Morgan fingerprint density at radius 3 is 2.85 bits per heavy atom. The minimum absolute atomic E-state index is 0.00351. The predicted molar refractivity (Wildman–Crippen MR) is 79.2 cm³/mol. The maximum atomic E-state index is 10.6. The smallest absolute Gasteiger partial charge is 0.142 e. The number of rotatable bonds is 5. The van der Waals surface area contributed by atoms with Crippen molar-refractivity contribution in [3.8, 4) is 0 Å². The lowest BCUT2D eigenvalue weighted by Crippen LogP contribution is -2.53. The van der Waals surface area contributed by atoms with Crippen molar-refractivity contribution in [2.24, 2.45) is 0 Å². The molecule has 4 heteroatoms. The molecule has 2 rings (SSSR count). The van der Waals surface area contributed by atoms with Crippen molar-refractivity contribution in [3.05, 3.63) is 35.6 Å². The normalized spacial score (nSPS) is 26.6. The van der Waals surface area contributed by atoms with E-state index in [1.54, 1.807) is 0 Å². The van der Waals surface area contributed by atoms with Crippen molar-refractivity contribution in [1.82, 2.24) is 5.32 Å². The van der Waals surface area contributed by atoms with Crippen LogP contribution in [0.5, 0.6) is 0 Å². The summed E-state index contributed by atoms with van der Waals surface area (Å²) in [6, 6.07) is 0. The van der Waals surface area contributed by atoms with Gasteiger partial charge in [-0.1, -0.05) is 18.2 Å². The molecule has 0 saturated carbocycles. The molecule has 2 atom stereocenters. The molecule has 0 aromatic rings. The third kappa shape index (κ3) is 3.32. The molecule has 2 unspecified atom stereocenters. The van der Waals surface area contributed by atoms with Crippen LogP contribution in [0, 0.1) is 0 Å². The van der Waals surface area contributed by atoms with Crippen molar-refractivity contribution >= 4 is 0 Å². The van der Waals surface area contributed by atoms with E-state index in [0.29, 0.717) is 19.4 Å². The van der Waals surface area contributed by atoms with E-state index in [2.05, 4.69) is 32.2 Å². The molecule has 0 amide bonds. The quantitative estimate of drug-likeness (QED) is 0.716. The molecule has 0 aromatic carbocycles. The van der Waals surface area contributed by atoms with Crippen molar-refractivity contribution in [3.63, 3.8) is 0 Å². The summed E-state index contributed by atoms with van der Waals surface area (Å²) < 4.78 is 6.05. The van der Waals surface area contributed by atoms with Gasteiger partial charge >= 0.3 is 0 Å². The molecule has 1 aliphatic heterocycles. The third-order valence-electron chi connectivity index (χ3n) is 3.76. The first-order chi connectivity index (χ1) is 9.36. The standard InChI is InChI=1S/C16H25NO3/c1-15(2,3)17-11-14(19)16(9-10-18)8-7-12-5-4-6-13(12)20-16/h4-7,14,17-19H,8-11H2,1-3H3. The van der Waals surface area contributed by atoms with Crippen LogP contribution in [0.1, 0.15) is 33.6 Å². The van der Waals surface area contributed by atoms with Gasteiger partial charge in [-0.15, -0.1) is 0 Å². The summed E-state index contributed by atoms with van der Waals surface area (Å²) in [7, 11) is 0. The Kier molecular flexibility index (Phi) is 4.37. The van der Waals surface area contributed by atoms with Gasteiger partial charge in [0.25, 0.3) is 0 Å². The zero-order chi connectivity index (χ0) is 14.8. The molecule has 0 bridgehead atoms. The summed E-state index contributed by atoms with van der Waals surface area (Å²) in [5.41, 5.74) is 0.258. The fourth-order valence-electron chi connectivity index (χ4n) is 2.52. The first kappa shape index (κ1) is 15.3. The van der Waals surface area contributed by atoms with Crippen LogP contribution in [0.3, 0.4) is 0 Å². The molecule has 20 heavy (non-hydrogen) atoms. The second kappa shape index (κ2) is 5.72. The van der Waals surface area contributed by atoms with E-state index in [-0.39, 0.29) is 12.1 Å². The highest BCUT2D eigenvalue weighted by atomic mass is 16.5. The summed E-state index contributed by atoms with van der Waals surface area (Å²) in [6.07, 6.45) is 8.27. The van der Waals surface area contributed by atoms with Gasteiger partial charge in [-0.25, -0.2) is 0 Å². The van der Waals surface area contributed by atoms with Gasteiger partial charge in [-0.2, -0.15) is 0 Å². The number of allylic oxidation sites excluding steroid dienone is 3. The summed E-state index contributed by atoms with van der Waals surface area (Å²) in [6.45, 7) is 6.61. The van der Waals surface area contributed by atoms with Crippen molar-refractivity contribution in [2.45, 2.75) is 50.9 Å². The highest BCUT2D eigenvalue weighted by Crippen LogP contribution is 2.38. The lowest BCUT2D eigenvalue weighted by molar-refractivity contribution is -0.105. The monoisotopic (exact) mass is 279 g/mol. The fourth-order valence-corrected chi connectivity index (χ4v) is 2.52. The van der Waals surface area contributed by atoms with Crippen molar-refractivity contribution < 1.29 is 14.9 Å². The molecule has 0 radical (unpaired) electrons. The first-order valence-corrected chi connectivity index (χ1v) is 7.18. The van der Waals surface area contributed by atoms with Gasteiger partial charge in [0.05, 0.1) is 0 Å². The minimum Gasteiger partial charge on any atom is -0.483 e. The van der Waals surface area contributed by atoms with Crippen LogP contribution in [0.25, 0.3) is 0 Å². The fraction of sp³-hybridized carbons (Fsp3) is 0.625. The Bertz CT molecular complexity index is 445. The van der Waals surface area contributed by atoms with Gasteiger partial charge in [-0.3, -0.25) is 0 Å². The molecular formula is C16H25NO3. The molecule has 4 nitrogen and oxygen atoms in total. The molecule has 2 aliphatic rings. The van der Waals surface area contributed by atoms with E-state index in [4.69, 9.17) is 4.74 Å². The van der Waals surface area contributed by atoms with Gasteiger partial charge in [0.2, 0.25) is 0 Å². The number of hydrogen-bond acceptors (Lipinski definition) is 4. The van der Waals surface area contributed by atoms with Crippen LogP contribution in [0.15, 0.2) is 35.6 Å². The predicted octanol–water partition coefficient (Wildman–Crippen LogP) is 1.66. The summed E-state index contributed by atoms with van der Waals surface area (Å²) >= 11 is 0. The van der Waals surface area contributed by atoms with E-state index in [9.17, 15) is 10.2 Å². The van der Waals surface area contributed by atoms with E-state index in [1.165, 1.54) is 0 Å². The molecule has 3 N–H and O–H groups in total. The number of ether oxygens (including phenoxy) is 1. The van der Waals surface area contributed by atoms with Crippen LogP contribution in [0.4, 0.5) is 0 Å². The van der Waals surface area contributed by atoms with Crippen molar-refractivity contribution in [2.75, 3.05) is 13.2 Å². The molecule has 112 valence electrons. The highest BCUT2D eigenvalue weighted by molar-refractivity contribution is 5.47. The Morgan fingerprint density at radius 2 is 2.20 bits per heavy atom.